The number of rotatable bonds is 4. The van der Waals surface area contributed by atoms with Crippen LogP contribution in [0.5, 0.6) is 0 Å². The molecule has 0 spiro atoms. The average molecular weight is 368 g/mol. The normalized spacial score (nSPS) is 24.1. The Morgan fingerprint density at radius 3 is 2.04 bits per heavy atom. The summed E-state index contributed by atoms with van der Waals surface area (Å²) in [5.74, 6) is 0. The fraction of sp³-hybridized carbons (Fsp3) is 0.478. The summed E-state index contributed by atoms with van der Waals surface area (Å²) in [6, 6.07) is 21.3. The van der Waals surface area contributed by atoms with Gasteiger partial charge in [-0.2, -0.15) is 0 Å². The third kappa shape index (κ3) is 2.91. The zero-order chi connectivity index (χ0) is 19.0. The lowest BCUT2D eigenvalue weighted by Crippen LogP contribution is -2.55. The van der Waals surface area contributed by atoms with Crippen molar-refractivity contribution in [2.24, 2.45) is 0 Å². The topological polar surface area (TPSA) is 23.5 Å². The lowest BCUT2D eigenvalue weighted by Gasteiger charge is -2.51. The molecule has 1 saturated heterocycles. The summed E-state index contributed by atoms with van der Waals surface area (Å²) in [5.41, 5.74) is 2.61. The highest BCUT2D eigenvalue weighted by Gasteiger charge is 2.58. The van der Waals surface area contributed by atoms with Crippen LogP contribution >= 0.6 is 0 Å². The van der Waals surface area contributed by atoms with Gasteiger partial charge in [0, 0.05) is 12.2 Å². The summed E-state index contributed by atoms with van der Waals surface area (Å²) < 4.78 is 0. The predicted octanol–water partition coefficient (Wildman–Crippen LogP) is 5.66. The number of para-hydroxylation sites is 1. The van der Waals surface area contributed by atoms with Crippen LogP contribution < -0.4 is 4.90 Å². The van der Waals surface area contributed by atoms with Crippen molar-refractivity contribution in [2.45, 2.75) is 56.4 Å². The minimum atomic E-state index is -1.69. The highest BCUT2D eigenvalue weighted by atomic mass is 28.3. The van der Waals surface area contributed by atoms with E-state index in [1.54, 1.807) is 0 Å². The fourth-order valence-corrected chi connectivity index (χ4v) is 8.21. The van der Waals surface area contributed by atoms with E-state index in [-0.39, 0.29) is 17.2 Å². The Hall–Kier alpha value is -1.58. The van der Waals surface area contributed by atoms with Crippen molar-refractivity contribution < 1.29 is 5.11 Å². The molecule has 0 aliphatic carbocycles. The summed E-state index contributed by atoms with van der Waals surface area (Å²) >= 11 is 0. The van der Waals surface area contributed by atoms with Crippen molar-refractivity contribution in [1.29, 1.82) is 0 Å². The summed E-state index contributed by atoms with van der Waals surface area (Å²) in [6.45, 7) is 13.3. The number of hydrogen-bond acceptors (Lipinski definition) is 2. The summed E-state index contributed by atoms with van der Waals surface area (Å²) in [4.78, 5) is 2.48. The maximum absolute atomic E-state index is 10.9. The van der Waals surface area contributed by atoms with E-state index in [9.17, 15) is 5.11 Å². The molecule has 0 bridgehead atoms. The number of benzene rings is 2. The van der Waals surface area contributed by atoms with Crippen molar-refractivity contribution in [2.75, 3.05) is 18.1 Å². The fourth-order valence-electron chi connectivity index (χ4n) is 4.70. The number of aliphatic hydroxyl groups is 1. The lowest BCUT2D eigenvalue weighted by molar-refractivity contribution is 0.195. The van der Waals surface area contributed by atoms with Crippen LogP contribution in [0.15, 0.2) is 60.7 Å². The Labute approximate surface area is 159 Å². The molecule has 1 aliphatic rings. The molecule has 0 radical (unpaired) electrons. The van der Waals surface area contributed by atoms with Crippen molar-refractivity contribution in [3.05, 3.63) is 66.2 Å². The van der Waals surface area contributed by atoms with Crippen molar-refractivity contribution in [3.63, 3.8) is 0 Å². The molecular weight excluding hydrogens is 334 g/mol. The van der Waals surface area contributed by atoms with Crippen LogP contribution in [0.1, 0.15) is 32.8 Å². The quantitative estimate of drug-likeness (QED) is 0.704. The molecule has 2 nitrogen and oxygen atoms in total. The Bertz CT molecular complexity index is 723. The summed E-state index contributed by atoms with van der Waals surface area (Å²) in [7, 11) is -1.69. The molecular formula is C23H33NOSi. The highest BCUT2D eigenvalue weighted by Crippen LogP contribution is 2.58. The van der Waals surface area contributed by atoms with Gasteiger partial charge in [-0.15, -0.1) is 0 Å². The maximum Gasteiger partial charge on any atom is 0.0889 e. The van der Waals surface area contributed by atoms with Crippen LogP contribution in [0, 0.1) is 0 Å². The van der Waals surface area contributed by atoms with Crippen LogP contribution in [-0.2, 0) is 5.54 Å². The zero-order valence-electron chi connectivity index (χ0n) is 16.9. The number of hydrogen-bond donors (Lipinski definition) is 1. The predicted molar refractivity (Wildman–Crippen MR) is 115 cm³/mol. The molecule has 3 rings (SSSR count). The Kier molecular flexibility index (Phi) is 5.06. The molecule has 2 atom stereocenters. The maximum atomic E-state index is 10.9. The Morgan fingerprint density at radius 1 is 1.00 bits per heavy atom. The zero-order valence-corrected chi connectivity index (χ0v) is 17.9. The van der Waals surface area contributed by atoms with Gasteiger partial charge in [0.1, 0.15) is 0 Å². The second kappa shape index (κ2) is 6.86. The SMILES string of the molecule is CC(C)(C)[Si](C)(C)C1CCN(c2ccccc2)[C@@]1(CO)c1ccccc1. The van der Waals surface area contributed by atoms with Gasteiger partial charge in [0.2, 0.25) is 0 Å². The Morgan fingerprint density at radius 2 is 1.54 bits per heavy atom. The van der Waals surface area contributed by atoms with E-state index in [4.69, 9.17) is 0 Å². The van der Waals surface area contributed by atoms with E-state index in [2.05, 4.69) is 99.4 Å². The molecule has 2 aromatic rings. The van der Waals surface area contributed by atoms with Gasteiger partial charge in [-0.05, 0) is 34.7 Å². The average Bonchev–Trinajstić information content (AvgIpc) is 3.03. The first-order valence-corrected chi connectivity index (χ1v) is 12.8. The Balaban J connectivity index is 2.20. The van der Waals surface area contributed by atoms with E-state index in [1.165, 1.54) is 11.3 Å². The van der Waals surface area contributed by atoms with Gasteiger partial charge in [-0.3, -0.25) is 0 Å². The van der Waals surface area contributed by atoms with Crippen molar-refractivity contribution in [1.82, 2.24) is 0 Å². The van der Waals surface area contributed by atoms with E-state index in [0.717, 1.165) is 13.0 Å². The van der Waals surface area contributed by atoms with Gasteiger partial charge in [0.15, 0.2) is 0 Å². The molecule has 3 heteroatoms. The van der Waals surface area contributed by atoms with Gasteiger partial charge in [-0.1, -0.05) is 82.4 Å². The van der Waals surface area contributed by atoms with E-state index in [1.807, 2.05) is 0 Å². The first-order chi connectivity index (χ1) is 12.2. The van der Waals surface area contributed by atoms with E-state index < -0.39 is 8.07 Å². The largest absolute Gasteiger partial charge is 0.394 e. The minimum absolute atomic E-state index is 0.156. The van der Waals surface area contributed by atoms with Crippen LogP contribution in [0.3, 0.4) is 0 Å². The second-order valence-corrected chi connectivity index (χ2v) is 14.9. The molecule has 1 N–H and O–H groups in total. The minimum Gasteiger partial charge on any atom is -0.394 e. The first-order valence-electron chi connectivity index (χ1n) is 9.74. The summed E-state index contributed by atoms with van der Waals surface area (Å²) in [5, 5.41) is 11.2. The molecule has 1 heterocycles. The van der Waals surface area contributed by atoms with Crippen LogP contribution in [0.2, 0.25) is 23.7 Å². The molecule has 0 amide bonds. The monoisotopic (exact) mass is 367 g/mol. The van der Waals surface area contributed by atoms with E-state index >= 15 is 0 Å². The van der Waals surface area contributed by atoms with Gasteiger partial charge in [0.05, 0.1) is 20.2 Å². The van der Waals surface area contributed by atoms with Crippen molar-refractivity contribution >= 4 is 13.8 Å². The first kappa shape index (κ1) is 19.2. The number of nitrogens with zero attached hydrogens (tertiary/aromatic N) is 1. The van der Waals surface area contributed by atoms with Crippen LogP contribution in [0.25, 0.3) is 0 Å². The van der Waals surface area contributed by atoms with Crippen LogP contribution in [-0.4, -0.2) is 26.3 Å². The molecule has 0 aromatic heterocycles. The smallest absolute Gasteiger partial charge is 0.0889 e. The highest BCUT2D eigenvalue weighted by molar-refractivity contribution is 6.81. The van der Waals surface area contributed by atoms with E-state index in [0.29, 0.717) is 5.54 Å². The summed E-state index contributed by atoms with van der Waals surface area (Å²) in [6.07, 6.45) is 1.14. The molecule has 140 valence electrons. The third-order valence-electron chi connectivity index (χ3n) is 7.09. The number of anilines is 1. The third-order valence-corrected chi connectivity index (χ3v) is 13.5. The van der Waals surface area contributed by atoms with Gasteiger partial charge >= 0.3 is 0 Å². The van der Waals surface area contributed by atoms with Gasteiger partial charge in [-0.25, -0.2) is 0 Å². The molecule has 2 aromatic carbocycles. The lowest BCUT2D eigenvalue weighted by atomic mass is 9.87. The molecule has 1 aliphatic heterocycles. The molecule has 26 heavy (non-hydrogen) atoms. The standard InChI is InChI=1S/C23H33NOSi/c1-22(2,3)26(4,5)21-16-17-24(20-14-10-7-11-15-20)23(21,18-25)19-12-8-6-9-13-19/h6-15,21,25H,16-18H2,1-5H3/t21?,23-/m0/s1. The molecule has 1 fully saturated rings. The second-order valence-electron chi connectivity index (χ2n) is 9.25. The number of aliphatic hydroxyl groups excluding tert-OH is 1. The van der Waals surface area contributed by atoms with Gasteiger partial charge in [0.25, 0.3) is 0 Å². The van der Waals surface area contributed by atoms with Crippen LogP contribution in [0.4, 0.5) is 5.69 Å². The molecule has 1 unspecified atom stereocenters. The van der Waals surface area contributed by atoms with Gasteiger partial charge < -0.3 is 10.0 Å². The molecule has 0 saturated carbocycles. The van der Waals surface area contributed by atoms with Crippen molar-refractivity contribution in [3.8, 4) is 0 Å².